The van der Waals surface area contributed by atoms with Crippen molar-refractivity contribution >= 4 is 51.6 Å². The first kappa shape index (κ1) is 12.1. The van der Waals surface area contributed by atoms with Gasteiger partial charge in [0, 0.05) is 24.1 Å². The number of anilines is 1. The molecule has 0 atom stereocenters. The van der Waals surface area contributed by atoms with Crippen molar-refractivity contribution in [3.05, 3.63) is 51.1 Å². The molecule has 2 rings (SSSR count). The summed E-state index contributed by atoms with van der Waals surface area (Å²) in [6, 6.07) is 13.8. The molecule has 0 saturated carbocycles. The van der Waals surface area contributed by atoms with E-state index in [0.717, 1.165) is 24.1 Å². The summed E-state index contributed by atoms with van der Waals surface area (Å²) in [5.74, 6) is 0. The Labute approximate surface area is 118 Å². The molecular weight excluding hydrogens is 353 g/mol. The maximum Gasteiger partial charge on any atom is 0.0466 e. The molecule has 0 aliphatic heterocycles. The van der Waals surface area contributed by atoms with Gasteiger partial charge in [0.1, 0.15) is 0 Å². The molecule has 0 aliphatic carbocycles. The highest BCUT2D eigenvalue weighted by Crippen LogP contribution is 2.33. The Kier molecular flexibility index (Phi) is 4.00. The summed E-state index contributed by atoms with van der Waals surface area (Å²) >= 11 is 9.73. The average molecular weight is 362 g/mol. The molecule has 4 heteroatoms. The molecule has 82 valence electrons. The predicted octanol–water partition coefficient (Wildman–Crippen LogP) is 4.68. The maximum atomic E-state index is 5.95. The van der Waals surface area contributed by atoms with E-state index in [1.165, 1.54) is 0 Å². The quantitative estimate of drug-likeness (QED) is 0.621. The zero-order valence-electron chi connectivity index (χ0n) is 8.28. The Morgan fingerprint density at radius 3 is 2.38 bits per heavy atom. The van der Waals surface area contributed by atoms with Gasteiger partial charge in [-0.25, -0.2) is 0 Å². The third-order valence-corrected chi connectivity index (χ3v) is 4.04. The molecule has 2 aromatic carbocycles. The van der Waals surface area contributed by atoms with Crippen molar-refractivity contribution in [2.75, 3.05) is 5.73 Å². The Morgan fingerprint density at radius 2 is 1.75 bits per heavy atom. The van der Waals surface area contributed by atoms with Gasteiger partial charge in [-0.1, -0.05) is 23.4 Å². The van der Waals surface area contributed by atoms with Crippen molar-refractivity contribution in [3.63, 3.8) is 0 Å². The Hall–Kier alpha value is -0.390. The molecule has 16 heavy (non-hydrogen) atoms. The maximum absolute atomic E-state index is 5.95. The van der Waals surface area contributed by atoms with Crippen LogP contribution in [0.2, 0.25) is 5.02 Å². The van der Waals surface area contributed by atoms with E-state index in [0.29, 0.717) is 0 Å². The van der Waals surface area contributed by atoms with Crippen LogP contribution in [0.5, 0.6) is 0 Å². The van der Waals surface area contributed by atoms with E-state index in [4.69, 9.17) is 17.3 Å². The summed E-state index contributed by atoms with van der Waals surface area (Å²) in [6.45, 7) is 0. The molecule has 0 spiro atoms. The highest BCUT2D eigenvalue weighted by molar-refractivity contribution is 14.1. The van der Waals surface area contributed by atoms with Gasteiger partial charge in [0.2, 0.25) is 0 Å². The molecule has 0 fully saturated rings. The van der Waals surface area contributed by atoms with Crippen LogP contribution in [0.25, 0.3) is 0 Å². The van der Waals surface area contributed by atoms with Crippen LogP contribution in [-0.4, -0.2) is 0 Å². The second-order valence-electron chi connectivity index (χ2n) is 3.24. The lowest BCUT2D eigenvalue weighted by Crippen LogP contribution is -1.88. The molecule has 0 bridgehead atoms. The Bertz CT molecular complexity index is 499. The fourth-order valence-electron chi connectivity index (χ4n) is 1.24. The van der Waals surface area contributed by atoms with E-state index >= 15 is 0 Å². The first-order chi connectivity index (χ1) is 7.65. The summed E-state index contributed by atoms with van der Waals surface area (Å²) in [5.41, 5.74) is 6.76. The highest BCUT2D eigenvalue weighted by atomic mass is 127. The SMILES string of the molecule is Nc1cc(I)ccc1Sc1ccc(Cl)cc1. The largest absolute Gasteiger partial charge is 0.398 e. The first-order valence-corrected chi connectivity index (χ1v) is 6.91. The number of hydrogen-bond acceptors (Lipinski definition) is 2. The summed E-state index contributed by atoms with van der Waals surface area (Å²) in [4.78, 5) is 2.21. The van der Waals surface area contributed by atoms with Crippen LogP contribution < -0.4 is 5.73 Å². The number of benzene rings is 2. The number of nitrogen functional groups attached to an aromatic ring is 1. The fourth-order valence-corrected chi connectivity index (χ4v) is 2.72. The number of halogens is 2. The van der Waals surface area contributed by atoms with E-state index in [9.17, 15) is 0 Å². The molecule has 0 aromatic heterocycles. The van der Waals surface area contributed by atoms with Crippen LogP contribution in [0.3, 0.4) is 0 Å². The van der Waals surface area contributed by atoms with Gasteiger partial charge < -0.3 is 5.73 Å². The van der Waals surface area contributed by atoms with Crippen molar-refractivity contribution < 1.29 is 0 Å². The van der Waals surface area contributed by atoms with Gasteiger partial charge >= 0.3 is 0 Å². The summed E-state index contributed by atoms with van der Waals surface area (Å²) in [5, 5.41) is 0.750. The summed E-state index contributed by atoms with van der Waals surface area (Å²) < 4.78 is 1.15. The van der Waals surface area contributed by atoms with E-state index < -0.39 is 0 Å². The van der Waals surface area contributed by atoms with Gasteiger partial charge in [-0.3, -0.25) is 0 Å². The highest BCUT2D eigenvalue weighted by Gasteiger charge is 2.02. The molecule has 1 nitrogen and oxygen atoms in total. The van der Waals surface area contributed by atoms with Crippen molar-refractivity contribution in [1.29, 1.82) is 0 Å². The van der Waals surface area contributed by atoms with Crippen LogP contribution in [-0.2, 0) is 0 Å². The molecular formula is C12H9ClINS. The van der Waals surface area contributed by atoms with Gasteiger partial charge in [-0.2, -0.15) is 0 Å². The molecule has 0 saturated heterocycles. The fraction of sp³-hybridized carbons (Fsp3) is 0. The molecule has 0 heterocycles. The predicted molar refractivity (Wildman–Crippen MR) is 79.1 cm³/mol. The topological polar surface area (TPSA) is 26.0 Å². The molecule has 0 unspecified atom stereocenters. The van der Waals surface area contributed by atoms with E-state index in [-0.39, 0.29) is 0 Å². The number of rotatable bonds is 2. The average Bonchev–Trinajstić information content (AvgIpc) is 2.25. The van der Waals surface area contributed by atoms with Crippen LogP contribution in [0.15, 0.2) is 52.3 Å². The van der Waals surface area contributed by atoms with Crippen molar-refractivity contribution in [1.82, 2.24) is 0 Å². The monoisotopic (exact) mass is 361 g/mol. The molecule has 0 aliphatic rings. The van der Waals surface area contributed by atoms with E-state index in [1.807, 2.05) is 36.4 Å². The second-order valence-corrected chi connectivity index (χ2v) is 6.04. The lowest BCUT2D eigenvalue weighted by atomic mass is 10.3. The van der Waals surface area contributed by atoms with E-state index in [2.05, 4.69) is 28.7 Å². The van der Waals surface area contributed by atoms with Gasteiger partial charge in [0.25, 0.3) is 0 Å². The zero-order chi connectivity index (χ0) is 11.5. The minimum atomic E-state index is 0.750. The molecule has 0 amide bonds. The van der Waals surface area contributed by atoms with Gasteiger partial charge in [0.15, 0.2) is 0 Å². The normalized spacial score (nSPS) is 10.4. The van der Waals surface area contributed by atoms with Crippen LogP contribution in [0.1, 0.15) is 0 Å². The lowest BCUT2D eigenvalue weighted by Gasteiger charge is -2.05. The second kappa shape index (κ2) is 5.29. The minimum Gasteiger partial charge on any atom is -0.398 e. The number of hydrogen-bond donors (Lipinski definition) is 1. The third-order valence-electron chi connectivity index (χ3n) is 2.01. The molecule has 2 aromatic rings. The van der Waals surface area contributed by atoms with Crippen LogP contribution >= 0.6 is 46.0 Å². The summed E-state index contributed by atoms with van der Waals surface area (Å²) in [6.07, 6.45) is 0. The van der Waals surface area contributed by atoms with Crippen molar-refractivity contribution in [2.45, 2.75) is 9.79 Å². The van der Waals surface area contributed by atoms with Crippen LogP contribution in [0, 0.1) is 3.57 Å². The zero-order valence-corrected chi connectivity index (χ0v) is 12.0. The Balaban J connectivity index is 2.23. The Morgan fingerprint density at radius 1 is 1.06 bits per heavy atom. The smallest absolute Gasteiger partial charge is 0.0466 e. The molecule has 2 N–H and O–H groups in total. The minimum absolute atomic E-state index is 0.750. The third kappa shape index (κ3) is 3.06. The van der Waals surface area contributed by atoms with Crippen LogP contribution in [0.4, 0.5) is 5.69 Å². The standard InChI is InChI=1S/C12H9ClINS/c13-8-1-4-10(5-2-8)16-12-6-3-9(14)7-11(12)15/h1-7H,15H2. The molecule has 0 radical (unpaired) electrons. The number of nitrogens with two attached hydrogens (primary N) is 1. The summed E-state index contributed by atoms with van der Waals surface area (Å²) in [7, 11) is 0. The van der Waals surface area contributed by atoms with Gasteiger partial charge in [-0.05, 0) is 65.1 Å². The van der Waals surface area contributed by atoms with Crippen molar-refractivity contribution in [3.8, 4) is 0 Å². The van der Waals surface area contributed by atoms with Crippen molar-refractivity contribution in [2.24, 2.45) is 0 Å². The lowest BCUT2D eigenvalue weighted by molar-refractivity contribution is 1.40. The van der Waals surface area contributed by atoms with E-state index in [1.54, 1.807) is 11.8 Å². The van der Waals surface area contributed by atoms with Gasteiger partial charge in [0.05, 0.1) is 0 Å². The first-order valence-electron chi connectivity index (χ1n) is 4.63. The van der Waals surface area contributed by atoms with Gasteiger partial charge in [-0.15, -0.1) is 0 Å².